The number of nitriles is 1. The fourth-order valence-corrected chi connectivity index (χ4v) is 3.97. The van der Waals surface area contributed by atoms with Gasteiger partial charge in [-0.25, -0.2) is 5.43 Å². The van der Waals surface area contributed by atoms with E-state index in [9.17, 15) is 10.1 Å². The summed E-state index contributed by atoms with van der Waals surface area (Å²) >= 11 is 3.52. The predicted molar refractivity (Wildman–Crippen MR) is 143 cm³/mol. The minimum Gasteiger partial charge on any atom is -0.494 e. The van der Waals surface area contributed by atoms with Crippen molar-refractivity contribution >= 4 is 39.0 Å². The van der Waals surface area contributed by atoms with Gasteiger partial charge in [-0.05, 0) is 72.2 Å². The van der Waals surface area contributed by atoms with E-state index in [1.165, 1.54) is 6.21 Å². The van der Waals surface area contributed by atoms with Crippen molar-refractivity contribution in [2.24, 2.45) is 5.10 Å². The van der Waals surface area contributed by atoms with Crippen LogP contribution in [0.2, 0.25) is 0 Å². The number of halogens is 1. The van der Waals surface area contributed by atoms with Crippen molar-refractivity contribution in [1.82, 2.24) is 5.43 Å². The van der Waals surface area contributed by atoms with Gasteiger partial charge >= 0.3 is 5.91 Å². The summed E-state index contributed by atoms with van der Waals surface area (Å²) in [6, 6.07) is 19.9. The maximum absolute atomic E-state index is 12.6. The molecular formula is C28H24BrN3O5. The third kappa shape index (κ3) is 6.29. The van der Waals surface area contributed by atoms with E-state index in [0.717, 1.165) is 10.9 Å². The molecule has 0 bridgehead atoms. The van der Waals surface area contributed by atoms with E-state index in [4.69, 9.17) is 18.6 Å². The lowest BCUT2D eigenvalue weighted by molar-refractivity contribution is 0.0929. The fourth-order valence-electron chi connectivity index (χ4n) is 3.55. The Balaban J connectivity index is 1.46. The third-order valence-electron chi connectivity index (χ3n) is 5.28. The van der Waals surface area contributed by atoms with Crippen molar-refractivity contribution in [2.75, 3.05) is 13.2 Å². The molecule has 3 aromatic carbocycles. The average molecular weight is 562 g/mol. The smallest absolute Gasteiger partial charge is 0.307 e. The van der Waals surface area contributed by atoms with E-state index in [0.29, 0.717) is 51.6 Å². The topological polar surface area (TPSA) is 106 Å². The van der Waals surface area contributed by atoms with Gasteiger partial charge in [0.15, 0.2) is 17.3 Å². The minimum atomic E-state index is -0.484. The van der Waals surface area contributed by atoms with Crippen LogP contribution in [0.25, 0.3) is 11.0 Å². The Morgan fingerprint density at radius 1 is 1.05 bits per heavy atom. The van der Waals surface area contributed by atoms with Gasteiger partial charge in [-0.15, -0.1) is 0 Å². The van der Waals surface area contributed by atoms with E-state index in [1.807, 2.05) is 38.1 Å². The van der Waals surface area contributed by atoms with Gasteiger partial charge in [0.1, 0.15) is 17.9 Å². The highest BCUT2D eigenvalue weighted by molar-refractivity contribution is 9.10. The van der Waals surface area contributed by atoms with E-state index < -0.39 is 5.91 Å². The SMILES string of the molecule is CCOc1ccc2oc(C(=O)N/N=C/c3cc(OCC)c(OCc4ccccc4C#N)cc3Br)cc2c1. The molecule has 188 valence electrons. The Hall–Kier alpha value is -4.29. The second kappa shape index (κ2) is 12.1. The van der Waals surface area contributed by atoms with Gasteiger partial charge in [0.05, 0.1) is 31.1 Å². The lowest BCUT2D eigenvalue weighted by Crippen LogP contribution is -2.16. The van der Waals surface area contributed by atoms with E-state index in [-0.39, 0.29) is 12.4 Å². The normalized spacial score (nSPS) is 10.9. The number of hydrogen-bond donors (Lipinski definition) is 1. The van der Waals surface area contributed by atoms with Crippen LogP contribution in [0.5, 0.6) is 17.2 Å². The van der Waals surface area contributed by atoms with Crippen molar-refractivity contribution in [3.8, 4) is 23.3 Å². The van der Waals surface area contributed by atoms with Crippen molar-refractivity contribution in [2.45, 2.75) is 20.5 Å². The zero-order valence-corrected chi connectivity index (χ0v) is 21.9. The number of nitrogens with one attached hydrogen (secondary N) is 1. The zero-order valence-electron chi connectivity index (χ0n) is 20.3. The minimum absolute atomic E-state index is 0.135. The molecule has 8 nitrogen and oxygen atoms in total. The number of nitrogens with zero attached hydrogens (tertiary/aromatic N) is 2. The van der Waals surface area contributed by atoms with Gasteiger partial charge in [-0.1, -0.05) is 18.2 Å². The molecule has 0 saturated carbocycles. The van der Waals surface area contributed by atoms with Gasteiger partial charge in [0, 0.05) is 21.0 Å². The molecule has 0 radical (unpaired) electrons. The molecule has 4 aromatic rings. The van der Waals surface area contributed by atoms with Crippen LogP contribution in [-0.4, -0.2) is 25.3 Å². The Labute approximate surface area is 222 Å². The highest BCUT2D eigenvalue weighted by Gasteiger charge is 2.14. The molecule has 1 aromatic heterocycles. The Morgan fingerprint density at radius 3 is 2.62 bits per heavy atom. The molecule has 0 saturated heterocycles. The number of hydrazone groups is 1. The molecule has 0 aliphatic carbocycles. The predicted octanol–water partition coefficient (Wildman–Crippen LogP) is 6.21. The summed E-state index contributed by atoms with van der Waals surface area (Å²) in [4.78, 5) is 12.6. The number of carbonyl (C=O) groups is 1. The van der Waals surface area contributed by atoms with Crippen molar-refractivity contribution in [3.63, 3.8) is 0 Å². The molecule has 9 heteroatoms. The first kappa shape index (κ1) is 25.8. The first-order valence-corrected chi connectivity index (χ1v) is 12.4. The van der Waals surface area contributed by atoms with Crippen LogP contribution < -0.4 is 19.6 Å². The maximum atomic E-state index is 12.6. The number of carbonyl (C=O) groups excluding carboxylic acids is 1. The van der Waals surface area contributed by atoms with Crippen molar-refractivity contribution < 1.29 is 23.4 Å². The largest absolute Gasteiger partial charge is 0.494 e. The van der Waals surface area contributed by atoms with Crippen LogP contribution in [-0.2, 0) is 6.61 Å². The first-order valence-electron chi connectivity index (χ1n) is 11.6. The quantitative estimate of drug-likeness (QED) is 0.182. The van der Waals surface area contributed by atoms with Gasteiger partial charge in [-0.2, -0.15) is 10.4 Å². The lowest BCUT2D eigenvalue weighted by Gasteiger charge is -2.14. The number of hydrogen-bond acceptors (Lipinski definition) is 7. The molecule has 0 unspecified atom stereocenters. The molecule has 0 spiro atoms. The number of furan rings is 1. The summed E-state index contributed by atoms with van der Waals surface area (Å²) in [5.41, 5.74) is 5.06. The molecule has 0 atom stereocenters. The lowest BCUT2D eigenvalue weighted by atomic mass is 10.1. The van der Waals surface area contributed by atoms with Gasteiger partial charge in [0.25, 0.3) is 0 Å². The van der Waals surface area contributed by atoms with Crippen LogP contribution >= 0.6 is 15.9 Å². The van der Waals surface area contributed by atoms with Crippen LogP contribution in [0.15, 0.2) is 74.7 Å². The van der Waals surface area contributed by atoms with E-state index in [1.54, 1.807) is 36.4 Å². The van der Waals surface area contributed by atoms with Gasteiger partial charge < -0.3 is 18.6 Å². The summed E-state index contributed by atoms with van der Waals surface area (Å²) < 4.78 is 23.5. The summed E-state index contributed by atoms with van der Waals surface area (Å²) in [6.45, 7) is 4.97. The van der Waals surface area contributed by atoms with Crippen molar-refractivity contribution in [3.05, 3.63) is 87.6 Å². The Kier molecular flexibility index (Phi) is 8.44. The number of fused-ring (bicyclic) bond motifs is 1. The molecule has 0 fully saturated rings. The molecular weight excluding hydrogens is 538 g/mol. The maximum Gasteiger partial charge on any atom is 0.307 e. The molecule has 37 heavy (non-hydrogen) atoms. The molecule has 0 aliphatic rings. The second-order valence-corrected chi connectivity index (χ2v) is 8.61. The summed E-state index contributed by atoms with van der Waals surface area (Å²) in [7, 11) is 0. The van der Waals surface area contributed by atoms with Crippen LogP contribution in [0.4, 0.5) is 0 Å². The molecule has 1 amide bonds. The standard InChI is InChI=1S/C28H24BrN3O5/c1-3-34-22-9-10-24-20(11-22)12-27(37-24)28(33)32-31-16-21-13-25(35-4-2)26(14-23(21)29)36-17-19-8-6-5-7-18(19)15-30/h5-14,16H,3-4,17H2,1-2H3,(H,32,33)/b31-16+. The van der Waals surface area contributed by atoms with Crippen LogP contribution in [0.3, 0.4) is 0 Å². The highest BCUT2D eigenvalue weighted by Crippen LogP contribution is 2.34. The number of ether oxygens (including phenoxy) is 3. The van der Waals surface area contributed by atoms with Crippen LogP contribution in [0.1, 0.15) is 41.1 Å². The zero-order chi connectivity index (χ0) is 26.2. The number of rotatable bonds is 10. The number of benzene rings is 3. The first-order chi connectivity index (χ1) is 18.0. The van der Waals surface area contributed by atoms with Crippen LogP contribution in [0, 0.1) is 11.3 Å². The molecule has 1 N–H and O–H groups in total. The monoisotopic (exact) mass is 561 g/mol. The Morgan fingerprint density at radius 2 is 1.84 bits per heavy atom. The molecule has 1 heterocycles. The summed E-state index contributed by atoms with van der Waals surface area (Å²) in [6.07, 6.45) is 1.50. The Bertz CT molecular complexity index is 1490. The summed E-state index contributed by atoms with van der Waals surface area (Å²) in [5.74, 6) is 1.38. The average Bonchev–Trinajstić information content (AvgIpc) is 3.33. The van der Waals surface area contributed by atoms with E-state index >= 15 is 0 Å². The summed E-state index contributed by atoms with van der Waals surface area (Å²) in [5, 5.41) is 14.1. The molecule has 0 aliphatic heterocycles. The van der Waals surface area contributed by atoms with Gasteiger partial charge in [-0.3, -0.25) is 4.79 Å². The third-order valence-corrected chi connectivity index (χ3v) is 5.96. The van der Waals surface area contributed by atoms with Crippen molar-refractivity contribution in [1.29, 1.82) is 5.26 Å². The highest BCUT2D eigenvalue weighted by atomic mass is 79.9. The number of amides is 1. The fraction of sp³-hybridized carbons (Fsp3) is 0.179. The van der Waals surface area contributed by atoms with Gasteiger partial charge in [0.2, 0.25) is 0 Å². The molecule has 4 rings (SSSR count). The second-order valence-electron chi connectivity index (χ2n) is 7.75. The van der Waals surface area contributed by atoms with E-state index in [2.05, 4.69) is 32.5 Å².